The number of halogens is 2. The van der Waals surface area contributed by atoms with Gasteiger partial charge < -0.3 is 5.32 Å². The van der Waals surface area contributed by atoms with Crippen molar-refractivity contribution in [2.24, 2.45) is 0 Å². The number of benzene rings is 2. The van der Waals surface area contributed by atoms with Gasteiger partial charge in [0, 0.05) is 28.7 Å². The Hall–Kier alpha value is -1.68. The van der Waals surface area contributed by atoms with Crippen LogP contribution < -0.4 is 5.32 Å². The van der Waals surface area contributed by atoms with Crippen LogP contribution in [-0.2, 0) is 12.8 Å². The molecule has 0 fully saturated rings. The van der Waals surface area contributed by atoms with Gasteiger partial charge in [-0.3, -0.25) is 4.79 Å². The molecule has 2 aromatic rings. The SMILES string of the molecule is O=C(Cc1ccc(F)cc1Br)c1ccc2c(c1)CCCN2. The van der Waals surface area contributed by atoms with Gasteiger partial charge in [0.15, 0.2) is 5.78 Å². The lowest BCUT2D eigenvalue weighted by Gasteiger charge is -2.18. The Morgan fingerprint density at radius 1 is 1.24 bits per heavy atom. The number of carbonyl (C=O) groups excluding carboxylic acids is 1. The third kappa shape index (κ3) is 3.16. The highest BCUT2D eigenvalue weighted by molar-refractivity contribution is 9.10. The van der Waals surface area contributed by atoms with E-state index in [1.165, 1.54) is 17.7 Å². The zero-order valence-corrected chi connectivity index (χ0v) is 13.0. The van der Waals surface area contributed by atoms with Crippen LogP contribution in [0.25, 0.3) is 0 Å². The molecule has 0 saturated carbocycles. The second kappa shape index (κ2) is 5.98. The molecule has 0 spiro atoms. The summed E-state index contributed by atoms with van der Waals surface area (Å²) in [6.45, 7) is 0.989. The number of carbonyl (C=O) groups is 1. The topological polar surface area (TPSA) is 29.1 Å². The summed E-state index contributed by atoms with van der Waals surface area (Å²) in [5.74, 6) is -0.256. The van der Waals surface area contributed by atoms with Crippen LogP contribution in [0.2, 0.25) is 0 Å². The van der Waals surface area contributed by atoms with Gasteiger partial charge in [0.05, 0.1) is 0 Å². The molecule has 2 nitrogen and oxygen atoms in total. The maximum absolute atomic E-state index is 13.1. The van der Waals surface area contributed by atoms with Gasteiger partial charge in [-0.15, -0.1) is 0 Å². The van der Waals surface area contributed by atoms with Crippen molar-refractivity contribution in [2.75, 3.05) is 11.9 Å². The van der Waals surface area contributed by atoms with E-state index in [9.17, 15) is 9.18 Å². The number of Topliss-reactive ketones (excluding diaryl/α,β-unsaturated/α-hetero) is 1. The van der Waals surface area contributed by atoms with Crippen LogP contribution in [0.4, 0.5) is 10.1 Å². The van der Waals surface area contributed by atoms with Crippen molar-refractivity contribution in [3.05, 3.63) is 63.4 Å². The zero-order chi connectivity index (χ0) is 14.8. The van der Waals surface area contributed by atoms with E-state index in [-0.39, 0.29) is 18.0 Å². The number of rotatable bonds is 3. The number of hydrogen-bond donors (Lipinski definition) is 1. The summed E-state index contributed by atoms with van der Waals surface area (Å²) in [7, 11) is 0. The van der Waals surface area contributed by atoms with Crippen LogP contribution in [0.3, 0.4) is 0 Å². The normalized spacial score (nSPS) is 13.4. The van der Waals surface area contributed by atoms with E-state index in [0.29, 0.717) is 10.0 Å². The first-order valence-corrected chi connectivity index (χ1v) is 7.77. The molecule has 0 bridgehead atoms. The van der Waals surface area contributed by atoms with Crippen molar-refractivity contribution in [3.63, 3.8) is 0 Å². The number of nitrogens with one attached hydrogen (secondary N) is 1. The van der Waals surface area contributed by atoms with Crippen LogP contribution >= 0.6 is 15.9 Å². The summed E-state index contributed by atoms with van der Waals surface area (Å²) in [6.07, 6.45) is 2.37. The van der Waals surface area contributed by atoms with Gasteiger partial charge in [-0.25, -0.2) is 4.39 Å². The summed E-state index contributed by atoms with van der Waals surface area (Å²) in [6, 6.07) is 10.2. The molecule has 3 rings (SSSR count). The van der Waals surface area contributed by atoms with E-state index in [0.717, 1.165) is 30.6 Å². The average molecular weight is 348 g/mol. The predicted molar refractivity (Wildman–Crippen MR) is 85.4 cm³/mol. The highest BCUT2D eigenvalue weighted by Crippen LogP contribution is 2.25. The average Bonchev–Trinajstić information content (AvgIpc) is 2.49. The number of fused-ring (bicyclic) bond motifs is 1. The molecule has 4 heteroatoms. The van der Waals surface area contributed by atoms with Crippen molar-refractivity contribution < 1.29 is 9.18 Å². The third-order valence-electron chi connectivity index (χ3n) is 3.73. The van der Waals surface area contributed by atoms with Gasteiger partial charge in [0.1, 0.15) is 5.82 Å². The number of aryl methyl sites for hydroxylation is 1. The maximum atomic E-state index is 13.1. The first-order chi connectivity index (χ1) is 10.1. The third-order valence-corrected chi connectivity index (χ3v) is 4.47. The van der Waals surface area contributed by atoms with Crippen LogP contribution in [0.1, 0.15) is 27.9 Å². The van der Waals surface area contributed by atoms with Crippen molar-refractivity contribution in [1.82, 2.24) is 0 Å². The molecule has 0 aliphatic carbocycles. The molecule has 1 heterocycles. The van der Waals surface area contributed by atoms with Gasteiger partial charge in [0.25, 0.3) is 0 Å². The molecule has 1 aliphatic heterocycles. The standard InChI is InChI=1S/C17H15BrFNO/c18-15-10-14(19)5-3-11(15)9-17(21)13-4-6-16-12(8-13)2-1-7-20-16/h3-6,8,10,20H,1-2,7,9H2. The number of anilines is 1. The van der Waals surface area contributed by atoms with Crippen molar-refractivity contribution in [3.8, 4) is 0 Å². The largest absolute Gasteiger partial charge is 0.385 e. The fourth-order valence-corrected chi connectivity index (χ4v) is 3.08. The Morgan fingerprint density at radius 2 is 2.10 bits per heavy atom. The van der Waals surface area contributed by atoms with E-state index in [1.54, 1.807) is 6.07 Å². The molecule has 1 N–H and O–H groups in total. The van der Waals surface area contributed by atoms with E-state index >= 15 is 0 Å². The lowest BCUT2D eigenvalue weighted by atomic mass is 9.97. The molecule has 0 aromatic heterocycles. The Kier molecular flexibility index (Phi) is 4.06. The van der Waals surface area contributed by atoms with Gasteiger partial charge in [-0.2, -0.15) is 0 Å². The Morgan fingerprint density at radius 3 is 2.90 bits per heavy atom. The Labute approximate surface area is 131 Å². The fraction of sp³-hybridized carbons (Fsp3) is 0.235. The second-order valence-electron chi connectivity index (χ2n) is 5.24. The highest BCUT2D eigenvalue weighted by Gasteiger charge is 2.14. The molecule has 0 saturated heterocycles. The van der Waals surface area contributed by atoms with Crippen LogP contribution in [0.5, 0.6) is 0 Å². The van der Waals surface area contributed by atoms with E-state index in [2.05, 4.69) is 21.2 Å². The highest BCUT2D eigenvalue weighted by atomic mass is 79.9. The monoisotopic (exact) mass is 347 g/mol. The molecule has 108 valence electrons. The minimum atomic E-state index is -0.307. The van der Waals surface area contributed by atoms with Crippen LogP contribution in [-0.4, -0.2) is 12.3 Å². The minimum absolute atomic E-state index is 0.0516. The van der Waals surface area contributed by atoms with Gasteiger partial charge in [-0.1, -0.05) is 22.0 Å². The summed E-state index contributed by atoms with van der Waals surface area (Å²) >= 11 is 3.31. The van der Waals surface area contributed by atoms with E-state index < -0.39 is 0 Å². The quantitative estimate of drug-likeness (QED) is 0.835. The molecule has 0 radical (unpaired) electrons. The smallest absolute Gasteiger partial charge is 0.167 e. The van der Waals surface area contributed by atoms with Crippen molar-refractivity contribution >= 4 is 27.4 Å². The molecule has 0 unspecified atom stereocenters. The summed E-state index contributed by atoms with van der Waals surface area (Å²) in [4.78, 5) is 12.4. The molecule has 21 heavy (non-hydrogen) atoms. The number of ketones is 1. The van der Waals surface area contributed by atoms with Gasteiger partial charge >= 0.3 is 0 Å². The molecule has 0 atom stereocenters. The first kappa shape index (κ1) is 14.3. The Bertz CT molecular complexity index is 699. The zero-order valence-electron chi connectivity index (χ0n) is 11.5. The lowest BCUT2D eigenvalue weighted by Crippen LogP contribution is -2.13. The minimum Gasteiger partial charge on any atom is -0.385 e. The molecular formula is C17H15BrFNO. The summed E-state index contributed by atoms with van der Waals surface area (Å²) in [5, 5.41) is 3.33. The second-order valence-corrected chi connectivity index (χ2v) is 6.09. The first-order valence-electron chi connectivity index (χ1n) is 6.97. The van der Waals surface area contributed by atoms with Crippen molar-refractivity contribution in [1.29, 1.82) is 0 Å². The van der Waals surface area contributed by atoms with Gasteiger partial charge in [0.2, 0.25) is 0 Å². The summed E-state index contributed by atoms with van der Waals surface area (Å²) in [5.41, 5.74) is 3.84. The maximum Gasteiger partial charge on any atom is 0.167 e. The van der Waals surface area contributed by atoms with Crippen LogP contribution in [0.15, 0.2) is 40.9 Å². The fourth-order valence-electron chi connectivity index (χ4n) is 2.59. The van der Waals surface area contributed by atoms with Crippen LogP contribution in [0, 0.1) is 5.82 Å². The number of hydrogen-bond acceptors (Lipinski definition) is 2. The summed E-state index contributed by atoms with van der Waals surface area (Å²) < 4.78 is 13.7. The molecule has 0 amide bonds. The van der Waals surface area contributed by atoms with Crippen molar-refractivity contribution in [2.45, 2.75) is 19.3 Å². The molecule has 2 aromatic carbocycles. The predicted octanol–water partition coefficient (Wildman–Crippen LogP) is 4.37. The Balaban J connectivity index is 1.82. The lowest BCUT2D eigenvalue weighted by molar-refractivity contribution is 0.0992. The van der Waals surface area contributed by atoms with Gasteiger partial charge in [-0.05, 0) is 54.3 Å². The molecular weight excluding hydrogens is 333 g/mol. The van der Waals surface area contributed by atoms with E-state index in [4.69, 9.17) is 0 Å². The van der Waals surface area contributed by atoms with E-state index in [1.807, 2.05) is 18.2 Å². The molecule has 1 aliphatic rings.